The van der Waals surface area contributed by atoms with Crippen LogP contribution < -0.4 is 0 Å². The van der Waals surface area contributed by atoms with Crippen molar-refractivity contribution in [3.8, 4) is 0 Å². The Hall–Kier alpha value is -0.930. The van der Waals surface area contributed by atoms with Crippen molar-refractivity contribution < 1.29 is 42.6 Å². The van der Waals surface area contributed by atoms with E-state index in [1.165, 1.54) is 6.92 Å². The second kappa shape index (κ2) is 6.29. The Bertz CT molecular complexity index is 605. The van der Waals surface area contributed by atoms with E-state index in [4.69, 9.17) is 14.5 Å². The van der Waals surface area contributed by atoms with E-state index >= 15 is 0 Å². The highest BCUT2D eigenvalue weighted by Crippen LogP contribution is 2.40. The third-order valence-corrected chi connectivity index (χ3v) is 3.84. The molecule has 0 aliphatic carbocycles. The predicted molar refractivity (Wildman–Crippen MR) is 68.7 cm³/mol. The molecule has 0 saturated carbocycles. The summed E-state index contributed by atoms with van der Waals surface area (Å²) < 4.78 is 47.1. The Morgan fingerprint density at radius 1 is 1.23 bits per heavy atom. The SMILES string of the molecule is Cc1cc([C@@H]2O[C@H](COP(=O)(O)O)[C@@H](O)[C@H]2O)c(F)cc1F. The zero-order valence-corrected chi connectivity index (χ0v) is 12.3. The van der Waals surface area contributed by atoms with Gasteiger partial charge in [0.2, 0.25) is 0 Å². The summed E-state index contributed by atoms with van der Waals surface area (Å²) in [5.74, 6) is -1.73. The van der Waals surface area contributed by atoms with Gasteiger partial charge in [0, 0.05) is 11.6 Å². The van der Waals surface area contributed by atoms with Crippen LogP contribution in [-0.4, -0.2) is 44.9 Å². The zero-order valence-electron chi connectivity index (χ0n) is 11.4. The summed E-state index contributed by atoms with van der Waals surface area (Å²) >= 11 is 0. The molecule has 22 heavy (non-hydrogen) atoms. The van der Waals surface area contributed by atoms with Gasteiger partial charge in [-0.05, 0) is 18.6 Å². The molecule has 10 heteroatoms. The first kappa shape index (κ1) is 17.4. The molecule has 0 aromatic heterocycles. The molecule has 7 nitrogen and oxygen atoms in total. The van der Waals surface area contributed by atoms with Gasteiger partial charge in [0.1, 0.15) is 36.1 Å². The largest absolute Gasteiger partial charge is 0.469 e. The number of aryl methyl sites for hydroxylation is 1. The number of halogens is 2. The Balaban J connectivity index is 2.20. The summed E-state index contributed by atoms with van der Waals surface area (Å²) in [6.07, 6.45) is -5.66. The van der Waals surface area contributed by atoms with E-state index in [0.717, 1.165) is 6.07 Å². The van der Waals surface area contributed by atoms with Crippen LogP contribution in [0.4, 0.5) is 8.78 Å². The lowest BCUT2D eigenvalue weighted by atomic mass is 9.99. The van der Waals surface area contributed by atoms with Crippen LogP contribution in [0, 0.1) is 18.6 Å². The average molecular weight is 340 g/mol. The first-order valence-corrected chi connectivity index (χ1v) is 7.80. The topological polar surface area (TPSA) is 116 Å². The number of hydrogen-bond acceptors (Lipinski definition) is 5. The van der Waals surface area contributed by atoms with Crippen LogP contribution >= 0.6 is 7.82 Å². The summed E-state index contributed by atoms with van der Waals surface area (Å²) in [6.45, 7) is 0.700. The molecular weight excluding hydrogens is 325 g/mol. The monoisotopic (exact) mass is 340 g/mol. The van der Waals surface area contributed by atoms with Crippen LogP contribution in [0.15, 0.2) is 12.1 Å². The van der Waals surface area contributed by atoms with Crippen LogP contribution in [0.3, 0.4) is 0 Å². The second-order valence-corrected chi connectivity index (χ2v) is 6.22. The quantitative estimate of drug-likeness (QED) is 0.591. The van der Waals surface area contributed by atoms with Crippen LogP contribution in [0.5, 0.6) is 0 Å². The second-order valence-electron chi connectivity index (χ2n) is 4.99. The molecule has 4 atom stereocenters. The Morgan fingerprint density at radius 3 is 2.45 bits per heavy atom. The maximum Gasteiger partial charge on any atom is 0.469 e. The van der Waals surface area contributed by atoms with Crippen molar-refractivity contribution in [3.63, 3.8) is 0 Å². The van der Waals surface area contributed by atoms with E-state index in [1.54, 1.807) is 0 Å². The molecule has 0 spiro atoms. The number of phosphoric ester groups is 1. The van der Waals surface area contributed by atoms with Crippen molar-refractivity contribution in [1.82, 2.24) is 0 Å². The summed E-state index contributed by atoms with van der Waals surface area (Å²) in [7, 11) is -4.78. The van der Waals surface area contributed by atoms with Gasteiger partial charge in [0.25, 0.3) is 0 Å². The van der Waals surface area contributed by atoms with Gasteiger partial charge < -0.3 is 24.7 Å². The number of benzene rings is 1. The highest BCUT2D eigenvalue weighted by Gasteiger charge is 2.45. The van der Waals surface area contributed by atoms with Gasteiger partial charge in [0.15, 0.2) is 0 Å². The smallest absolute Gasteiger partial charge is 0.387 e. The predicted octanol–water partition coefficient (Wildman–Crippen LogP) is 0.544. The van der Waals surface area contributed by atoms with Crippen molar-refractivity contribution in [2.75, 3.05) is 6.61 Å². The van der Waals surface area contributed by atoms with Gasteiger partial charge in [-0.25, -0.2) is 13.3 Å². The molecule has 0 radical (unpaired) electrons. The molecule has 124 valence electrons. The number of aliphatic hydroxyl groups is 2. The molecule has 1 heterocycles. The molecule has 4 N–H and O–H groups in total. The minimum absolute atomic E-state index is 0.122. The lowest BCUT2D eigenvalue weighted by Crippen LogP contribution is -2.33. The van der Waals surface area contributed by atoms with Gasteiger partial charge in [-0.15, -0.1) is 0 Å². The fourth-order valence-electron chi connectivity index (χ4n) is 2.21. The standard InChI is InChI=1S/C12H15F2O7P/c1-5-2-6(8(14)3-7(5)13)12-11(16)10(15)9(21-12)4-20-22(17,18)19/h2-3,9-12,15-16H,4H2,1H3,(H2,17,18,19)/t9-,10-,11-,12+/m1/s1. The van der Waals surface area contributed by atoms with E-state index in [-0.39, 0.29) is 11.1 Å². The lowest BCUT2D eigenvalue weighted by Gasteiger charge is -2.16. The first-order valence-electron chi connectivity index (χ1n) is 6.27. The summed E-state index contributed by atoms with van der Waals surface area (Å²) in [5, 5.41) is 19.7. The number of phosphoric acid groups is 1. The Kier molecular flexibility index (Phi) is 4.98. The maximum absolute atomic E-state index is 13.8. The van der Waals surface area contributed by atoms with E-state index in [2.05, 4.69) is 4.52 Å². The zero-order chi connectivity index (χ0) is 16.7. The normalized spacial score (nSPS) is 29.0. The van der Waals surface area contributed by atoms with E-state index in [0.29, 0.717) is 6.07 Å². The van der Waals surface area contributed by atoms with Crippen LogP contribution in [0.1, 0.15) is 17.2 Å². The summed E-state index contributed by atoms with van der Waals surface area (Å²) in [5.41, 5.74) is -0.0410. The highest BCUT2D eigenvalue weighted by atomic mass is 31.2. The van der Waals surface area contributed by atoms with Crippen molar-refractivity contribution in [2.24, 2.45) is 0 Å². The number of aliphatic hydroxyl groups excluding tert-OH is 2. The minimum atomic E-state index is -4.78. The Morgan fingerprint density at radius 2 is 1.86 bits per heavy atom. The number of ether oxygens (including phenoxy) is 1. The molecule has 2 rings (SSSR count). The summed E-state index contributed by atoms with van der Waals surface area (Å²) in [6, 6.07) is 1.77. The van der Waals surface area contributed by atoms with Gasteiger partial charge in [-0.2, -0.15) is 0 Å². The molecular formula is C12H15F2O7P. The lowest BCUT2D eigenvalue weighted by molar-refractivity contribution is -0.0232. The highest BCUT2D eigenvalue weighted by molar-refractivity contribution is 7.46. The molecule has 0 bridgehead atoms. The maximum atomic E-state index is 13.8. The minimum Gasteiger partial charge on any atom is -0.387 e. The molecule has 1 fully saturated rings. The fraction of sp³-hybridized carbons (Fsp3) is 0.500. The molecule has 0 unspecified atom stereocenters. The molecule has 1 aliphatic rings. The molecule has 1 aromatic rings. The van der Waals surface area contributed by atoms with Crippen molar-refractivity contribution in [2.45, 2.75) is 31.3 Å². The van der Waals surface area contributed by atoms with E-state index in [1.807, 2.05) is 0 Å². The number of hydrogen-bond donors (Lipinski definition) is 4. The van der Waals surface area contributed by atoms with Gasteiger partial charge in [-0.3, -0.25) is 4.52 Å². The third-order valence-electron chi connectivity index (χ3n) is 3.35. The average Bonchev–Trinajstić information content (AvgIpc) is 2.68. The molecule has 1 aliphatic heterocycles. The van der Waals surface area contributed by atoms with Crippen molar-refractivity contribution in [1.29, 1.82) is 0 Å². The van der Waals surface area contributed by atoms with Crippen molar-refractivity contribution >= 4 is 7.82 Å². The van der Waals surface area contributed by atoms with Gasteiger partial charge in [0.05, 0.1) is 6.61 Å². The van der Waals surface area contributed by atoms with Crippen LogP contribution in [0.25, 0.3) is 0 Å². The summed E-state index contributed by atoms with van der Waals surface area (Å²) in [4.78, 5) is 17.2. The Labute approximate surface area is 124 Å². The van der Waals surface area contributed by atoms with E-state index < -0.39 is 50.5 Å². The first-order chi connectivity index (χ1) is 10.1. The molecule has 1 aromatic carbocycles. The van der Waals surface area contributed by atoms with Gasteiger partial charge >= 0.3 is 7.82 Å². The van der Waals surface area contributed by atoms with Crippen LogP contribution in [-0.2, 0) is 13.8 Å². The van der Waals surface area contributed by atoms with E-state index in [9.17, 15) is 23.6 Å². The van der Waals surface area contributed by atoms with Crippen molar-refractivity contribution in [3.05, 3.63) is 34.9 Å². The third kappa shape index (κ3) is 3.69. The number of rotatable bonds is 4. The van der Waals surface area contributed by atoms with Gasteiger partial charge in [-0.1, -0.05) is 0 Å². The van der Waals surface area contributed by atoms with Crippen LogP contribution in [0.2, 0.25) is 0 Å². The molecule has 0 amide bonds. The fourth-order valence-corrected chi connectivity index (χ4v) is 2.55. The molecule has 1 saturated heterocycles.